The molecule has 19 heavy (non-hydrogen) atoms. The molecular formula is C14H14O5. The Kier molecular flexibility index (Phi) is 3.75. The standard InChI is InChI=1S/C14H14O5/c1-16-10-5-4-9(6-11(10)17-2)7-13-12(18-3)8-14(15)19-13/h4-8H,1-3H3/b13-7-. The first-order chi connectivity index (χ1) is 9.17. The molecule has 0 spiro atoms. The van der Waals surface area contributed by atoms with Crippen LogP contribution < -0.4 is 9.47 Å². The smallest absolute Gasteiger partial charge is 0.340 e. The maximum Gasteiger partial charge on any atom is 0.340 e. The van der Waals surface area contributed by atoms with Gasteiger partial charge in [0.2, 0.25) is 0 Å². The monoisotopic (exact) mass is 262 g/mol. The topological polar surface area (TPSA) is 54.0 Å². The van der Waals surface area contributed by atoms with Gasteiger partial charge < -0.3 is 18.9 Å². The number of methoxy groups -OCH3 is 3. The Balaban J connectivity index is 2.33. The minimum atomic E-state index is -0.441. The van der Waals surface area contributed by atoms with E-state index in [1.807, 2.05) is 6.07 Å². The summed E-state index contributed by atoms with van der Waals surface area (Å²) < 4.78 is 20.5. The highest BCUT2D eigenvalue weighted by molar-refractivity contribution is 5.89. The molecule has 0 N–H and O–H groups in total. The van der Waals surface area contributed by atoms with Crippen molar-refractivity contribution in [2.24, 2.45) is 0 Å². The fraction of sp³-hybridized carbons (Fsp3) is 0.214. The number of carbonyl (C=O) groups excluding carboxylic acids is 1. The van der Waals surface area contributed by atoms with Crippen molar-refractivity contribution in [3.63, 3.8) is 0 Å². The first-order valence-corrected chi connectivity index (χ1v) is 5.59. The van der Waals surface area contributed by atoms with Gasteiger partial charge >= 0.3 is 5.97 Å². The molecule has 0 aromatic heterocycles. The first kappa shape index (κ1) is 13.0. The normalized spacial score (nSPS) is 16.1. The number of ether oxygens (including phenoxy) is 4. The summed E-state index contributed by atoms with van der Waals surface area (Å²) in [4.78, 5) is 11.2. The summed E-state index contributed by atoms with van der Waals surface area (Å²) in [5, 5.41) is 0. The van der Waals surface area contributed by atoms with E-state index < -0.39 is 5.97 Å². The fourth-order valence-corrected chi connectivity index (χ4v) is 1.72. The minimum Gasteiger partial charge on any atom is -0.493 e. The van der Waals surface area contributed by atoms with Gasteiger partial charge in [0.1, 0.15) is 0 Å². The highest BCUT2D eigenvalue weighted by Gasteiger charge is 2.20. The third-order valence-electron chi connectivity index (χ3n) is 2.63. The summed E-state index contributed by atoms with van der Waals surface area (Å²) in [6.07, 6.45) is 2.99. The SMILES string of the molecule is COC1=CC(=O)O/C1=C\c1ccc(OC)c(OC)c1. The molecular weight excluding hydrogens is 248 g/mol. The summed E-state index contributed by atoms with van der Waals surface area (Å²) in [6.45, 7) is 0. The number of cyclic esters (lactones) is 1. The van der Waals surface area contributed by atoms with Gasteiger partial charge in [-0.3, -0.25) is 0 Å². The predicted molar refractivity (Wildman–Crippen MR) is 68.7 cm³/mol. The van der Waals surface area contributed by atoms with E-state index in [1.54, 1.807) is 32.4 Å². The second-order valence-corrected chi connectivity index (χ2v) is 3.76. The molecule has 1 aromatic carbocycles. The van der Waals surface area contributed by atoms with Crippen LogP contribution in [0.5, 0.6) is 11.5 Å². The molecule has 0 saturated carbocycles. The molecule has 0 unspecified atom stereocenters. The van der Waals surface area contributed by atoms with Crippen molar-refractivity contribution in [3.05, 3.63) is 41.4 Å². The van der Waals surface area contributed by atoms with E-state index in [0.29, 0.717) is 23.0 Å². The lowest BCUT2D eigenvalue weighted by molar-refractivity contribution is -0.132. The highest BCUT2D eigenvalue weighted by Crippen LogP contribution is 2.30. The quantitative estimate of drug-likeness (QED) is 0.778. The molecule has 100 valence electrons. The number of hydrogen-bond donors (Lipinski definition) is 0. The summed E-state index contributed by atoms with van der Waals surface area (Å²) in [6, 6.07) is 5.39. The van der Waals surface area contributed by atoms with Crippen LogP contribution in [0.15, 0.2) is 35.8 Å². The van der Waals surface area contributed by atoms with Gasteiger partial charge in [0.15, 0.2) is 23.0 Å². The largest absolute Gasteiger partial charge is 0.493 e. The Morgan fingerprint density at radius 3 is 2.42 bits per heavy atom. The summed E-state index contributed by atoms with van der Waals surface area (Å²) >= 11 is 0. The lowest BCUT2D eigenvalue weighted by atomic mass is 10.1. The maximum atomic E-state index is 11.2. The van der Waals surface area contributed by atoms with Crippen molar-refractivity contribution >= 4 is 12.0 Å². The zero-order valence-electron chi connectivity index (χ0n) is 10.9. The zero-order chi connectivity index (χ0) is 13.8. The fourth-order valence-electron chi connectivity index (χ4n) is 1.72. The number of esters is 1. The molecule has 0 aliphatic carbocycles. The molecule has 5 heteroatoms. The molecule has 0 fully saturated rings. The first-order valence-electron chi connectivity index (χ1n) is 5.59. The minimum absolute atomic E-state index is 0.375. The number of benzene rings is 1. The molecule has 0 atom stereocenters. The van der Waals surface area contributed by atoms with Crippen LogP contribution in [0.2, 0.25) is 0 Å². The lowest BCUT2D eigenvalue weighted by Crippen LogP contribution is -1.93. The number of rotatable bonds is 4. The van der Waals surface area contributed by atoms with Gasteiger partial charge in [0.25, 0.3) is 0 Å². The van der Waals surface area contributed by atoms with Crippen molar-refractivity contribution in [1.29, 1.82) is 0 Å². The number of carbonyl (C=O) groups is 1. The van der Waals surface area contributed by atoms with E-state index >= 15 is 0 Å². The number of hydrogen-bond acceptors (Lipinski definition) is 5. The lowest BCUT2D eigenvalue weighted by Gasteiger charge is -2.08. The molecule has 1 aromatic rings. The maximum absolute atomic E-state index is 11.2. The van der Waals surface area contributed by atoms with Gasteiger partial charge in [-0.15, -0.1) is 0 Å². The Bertz CT molecular complexity index is 557. The van der Waals surface area contributed by atoms with Gasteiger partial charge in [0.05, 0.1) is 27.4 Å². The van der Waals surface area contributed by atoms with Crippen LogP contribution in [0.4, 0.5) is 0 Å². The van der Waals surface area contributed by atoms with Gasteiger partial charge in [-0.25, -0.2) is 4.79 Å². The van der Waals surface area contributed by atoms with E-state index in [9.17, 15) is 4.79 Å². The van der Waals surface area contributed by atoms with Gasteiger partial charge in [-0.2, -0.15) is 0 Å². The van der Waals surface area contributed by atoms with Gasteiger partial charge in [-0.1, -0.05) is 6.07 Å². The zero-order valence-corrected chi connectivity index (χ0v) is 10.9. The molecule has 0 saturated heterocycles. The summed E-state index contributed by atoms with van der Waals surface area (Å²) in [5.74, 6) is 1.57. The Hall–Kier alpha value is -2.43. The Morgan fingerprint density at radius 2 is 1.79 bits per heavy atom. The van der Waals surface area contributed by atoms with Crippen LogP contribution in [-0.4, -0.2) is 27.3 Å². The molecule has 5 nitrogen and oxygen atoms in total. The average molecular weight is 262 g/mol. The van der Waals surface area contributed by atoms with E-state index in [0.717, 1.165) is 5.56 Å². The predicted octanol–water partition coefficient (Wildman–Crippen LogP) is 2.13. The van der Waals surface area contributed by atoms with Crippen LogP contribution in [0.3, 0.4) is 0 Å². The summed E-state index contributed by atoms with van der Waals surface area (Å²) in [7, 11) is 4.61. The molecule has 1 heterocycles. The molecule has 0 amide bonds. The van der Waals surface area contributed by atoms with Crippen molar-refractivity contribution in [3.8, 4) is 11.5 Å². The van der Waals surface area contributed by atoms with Crippen LogP contribution in [-0.2, 0) is 14.3 Å². The van der Waals surface area contributed by atoms with Crippen molar-refractivity contribution in [1.82, 2.24) is 0 Å². The van der Waals surface area contributed by atoms with Crippen LogP contribution >= 0.6 is 0 Å². The molecule has 1 aliphatic heterocycles. The average Bonchev–Trinajstić information content (AvgIpc) is 2.78. The molecule has 2 rings (SSSR count). The Labute approximate surface area is 111 Å². The van der Waals surface area contributed by atoms with Gasteiger partial charge in [-0.05, 0) is 23.8 Å². The third-order valence-corrected chi connectivity index (χ3v) is 2.63. The van der Waals surface area contributed by atoms with Crippen molar-refractivity contribution < 1.29 is 23.7 Å². The van der Waals surface area contributed by atoms with Crippen molar-refractivity contribution in [2.45, 2.75) is 0 Å². The second kappa shape index (κ2) is 5.48. The second-order valence-electron chi connectivity index (χ2n) is 3.76. The van der Waals surface area contributed by atoms with E-state index in [2.05, 4.69) is 0 Å². The van der Waals surface area contributed by atoms with E-state index in [4.69, 9.17) is 18.9 Å². The highest BCUT2D eigenvalue weighted by atomic mass is 16.6. The van der Waals surface area contributed by atoms with E-state index in [1.165, 1.54) is 13.2 Å². The summed E-state index contributed by atoms with van der Waals surface area (Å²) in [5.41, 5.74) is 0.810. The van der Waals surface area contributed by atoms with E-state index in [-0.39, 0.29) is 0 Å². The van der Waals surface area contributed by atoms with Crippen molar-refractivity contribution in [2.75, 3.05) is 21.3 Å². The molecule has 0 bridgehead atoms. The van der Waals surface area contributed by atoms with Crippen LogP contribution in [0.25, 0.3) is 6.08 Å². The third kappa shape index (κ3) is 2.70. The van der Waals surface area contributed by atoms with Gasteiger partial charge in [0, 0.05) is 0 Å². The molecule has 1 aliphatic rings. The van der Waals surface area contributed by atoms with Crippen LogP contribution in [0, 0.1) is 0 Å². The molecule has 0 radical (unpaired) electrons. The Morgan fingerprint density at radius 1 is 1.05 bits per heavy atom. The van der Waals surface area contributed by atoms with Crippen LogP contribution in [0.1, 0.15) is 5.56 Å².